The van der Waals surface area contributed by atoms with Crippen LogP contribution >= 0.6 is 0 Å². The van der Waals surface area contributed by atoms with Gasteiger partial charge in [-0.2, -0.15) is 0 Å². The van der Waals surface area contributed by atoms with Crippen molar-refractivity contribution in [3.8, 4) is 0 Å². The molecule has 0 spiro atoms. The van der Waals surface area contributed by atoms with Gasteiger partial charge in [-0.25, -0.2) is 0 Å². The standard InChI is InChI=1S/C20H27N3O2/c24-19(21-17-7-8-17)10-11-22-12-15-6-9-18(22)14-23(13-15)20(25)16-4-2-1-3-5-16/h1-5,15,17-18H,6-14H2,(H,21,24). The molecule has 1 aromatic rings. The van der Waals surface area contributed by atoms with Crippen molar-refractivity contribution in [1.82, 2.24) is 15.1 Å². The number of hydrogen-bond acceptors (Lipinski definition) is 3. The molecule has 5 heteroatoms. The molecule has 4 fully saturated rings. The fourth-order valence-corrected chi connectivity index (χ4v) is 4.15. The first-order valence-electron chi connectivity index (χ1n) is 9.57. The third kappa shape index (κ3) is 4.03. The Bertz CT molecular complexity index is 629. The van der Waals surface area contributed by atoms with Gasteiger partial charge in [-0.05, 0) is 43.7 Å². The smallest absolute Gasteiger partial charge is 0.253 e. The fourth-order valence-electron chi connectivity index (χ4n) is 4.15. The largest absolute Gasteiger partial charge is 0.353 e. The Morgan fingerprint density at radius 1 is 1.00 bits per heavy atom. The zero-order valence-corrected chi connectivity index (χ0v) is 14.7. The molecule has 3 aliphatic heterocycles. The molecule has 2 bridgehead atoms. The van der Waals surface area contributed by atoms with Crippen molar-refractivity contribution < 1.29 is 9.59 Å². The number of benzene rings is 1. The summed E-state index contributed by atoms with van der Waals surface area (Å²) in [4.78, 5) is 29.3. The van der Waals surface area contributed by atoms with E-state index in [0.29, 0.717) is 24.4 Å². The van der Waals surface area contributed by atoms with Gasteiger partial charge >= 0.3 is 0 Å². The lowest BCUT2D eigenvalue weighted by molar-refractivity contribution is -0.121. The Labute approximate surface area is 149 Å². The van der Waals surface area contributed by atoms with Gasteiger partial charge in [-0.3, -0.25) is 14.5 Å². The van der Waals surface area contributed by atoms with Gasteiger partial charge in [0.25, 0.3) is 5.91 Å². The molecule has 25 heavy (non-hydrogen) atoms. The molecule has 1 aliphatic carbocycles. The van der Waals surface area contributed by atoms with E-state index in [4.69, 9.17) is 0 Å². The first kappa shape index (κ1) is 16.6. The van der Waals surface area contributed by atoms with E-state index >= 15 is 0 Å². The third-order valence-electron chi connectivity index (χ3n) is 5.70. The van der Waals surface area contributed by atoms with Crippen molar-refractivity contribution in [1.29, 1.82) is 0 Å². The summed E-state index contributed by atoms with van der Waals surface area (Å²) >= 11 is 0. The highest BCUT2D eigenvalue weighted by Crippen LogP contribution is 2.29. The fraction of sp³-hybridized carbons (Fsp3) is 0.600. The molecule has 5 rings (SSSR count). The van der Waals surface area contributed by atoms with Gasteiger partial charge in [0.15, 0.2) is 0 Å². The first-order chi connectivity index (χ1) is 12.2. The molecule has 134 valence electrons. The van der Waals surface area contributed by atoms with Gasteiger partial charge in [-0.1, -0.05) is 18.2 Å². The van der Waals surface area contributed by atoms with Crippen LogP contribution in [-0.2, 0) is 4.79 Å². The predicted molar refractivity (Wildman–Crippen MR) is 96.2 cm³/mol. The topological polar surface area (TPSA) is 52.7 Å². The van der Waals surface area contributed by atoms with Crippen molar-refractivity contribution in [3.63, 3.8) is 0 Å². The van der Waals surface area contributed by atoms with Gasteiger partial charge in [0.2, 0.25) is 5.91 Å². The summed E-state index contributed by atoms with van der Waals surface area (Å²) in [5.41, 5.74) is 0.777. The van der Waals surface area contributed by atoms with Gasteiger partial charge in [0.1, 0.15) is 0 Å². The second-order valence-corrected chi connectivity index (χ2v) is 7.76. The Kier molecular flexibility index (Phi) is 4.75. The summed E-state index contributed by atoms with van der Waals surface area (Å²) in [6, 6.07) is 10.4. The van der Waals surface area contributed by atoms with Gasteiger partial charge in [0, 0.05) is 50.2 Å². The first-order valence-corrected chi connectivity index (χ1v) is 9.57. The van der Waals surface area contributed by atoms with Crippen molar-refractivity contribution in [2.45, 2.75) is 44.2 Å². The summed E-state index contributed by atoms with van der Waals surface area (Å²) in [7, 11) is 0. The maximum Gasteiger partial charge on any atom is 0.253 e. The third-order valence-corrected chi connectivity index (χ3v) is 5.70. The minimum absolute atomic E-state index is 0.144. The molecule has 1 N–H and O–H groups in total. The number of amides is 2. The molecule has 2 atom stereocenters. The highest BCUT2D eigenvalue weighted by atomic mass is 16.2. The second-order valence-electron chi connectivity index (χ2n) is 7.76. The quantitative estimate of drug-likeness (QED) is 0.890. The number of nitrogens with one attached hydrogen (secondary N) is 1. The van der Waals surface area contributed by atoms with Crippen molar-refractivity contribution >= 4 is 11.8 Å². The molecular formula is C20H27N3O2. The summed E-state index contributed by atoms with van der Waals surface area (Å²) in [6.07, 6.45) is 5.17. The summed E-state index contributed by atoms with van der Waals surface area (Å²) in [6.45, 7) is 3.45. The SMILES string of the molecule is O=C(CCN1CC2CCC1CN(C(=O)c1ccccc1)C2)NC1CC1. The number of nitrogens with zero attached hydrogens (tertiary/aromatic N) is 2. The minimum Gasteiger partial charge on any atom is -0.353 e. The van der Waals surface area contributed by atoms with Crippen molar-refractivity contribution in [3.05, 3.63) is 35.9 Å². The molecule has 3 saturated heterocycles. The molecule has 1 saturated carbocycles. The predicted octanol–water partition coefficient (Wildman–Crippen LogP) is 1.89. The number of rotatable bonds is 5. The van der Waals surface area contributed by atoms with Crippen LogP contribution in [0.2, 0.25) is 0 Å². The molecule has 2 amide bonds. The average molecular weight is 341 g/mol. The second kappa shape index (κ2) is 7.16. The zero-order valence-electron chi connectivity index (χ0n) is 14.7. The van der Waals surface area contributed by atoms with Crippen LogP contribution in [-0.4, -0.2) is 59.9 Å². The van der Waals surface area contributed by atoms with Crippen molar-refractivity contribution in [2.75, 3.05) is 26.2 Å². The molecule has 0 radical (unpaired) electrons. The average Bonchev–Trinajstić information content (AvgIpc) is 3.47. The molecule has 3 heterocycles. The number of carbonyl (C=O) groups excluding carboxylic acids is 2. The van der Waals surface area contributed by atoms with E-state index < -0.39 is 0 Å². The van der Waals surface area contributed by atoms with Crippen LogP contribution in [0.3, 0.4) is 0 Å². The lowest BCUT2D eigenvalue weighted by Crippen LogP contribution is -2.45. The lowest BCUT2D eigenvalue weighted by atomic mass is 9.95. The van der Waals surface area contributed by atoms with Crippen LogP contribution in [0.25, 0.3) is 0 Å². The molecule has 5 nitrogen and oxygen atoms in total. The molecule has 4 aliphatic rings. The molecule has 0 aromatic heterocycles. The highest BCUT2D eigenvalue weighted by molar-refractivity contribution is 5.94. The Balaban J connectivity index is 1.36. The maximum atomic E-state index is 12.8. The maximum absolute atomic E-state index is 12.8. The summed E-state index contributed by atoms with van der Waals surface area (Å²) in [5.74, 6) is 0.851. The van der Waals surface area contributed by atoms with Crippen LogP contribution in [0.5, 0.6) is 0 Å². The van der Waals surface area contributed by atoms with Gasteiger partial charge in [-0.15, -0.1) is 0 Å². The number of carbonyl (C=O) groups is 2. The van der Waals surface area contributed by atoms with Crippen LogP contribution in [0, 0.1) is 5.92 Å². The monoisotopic (exact) mass is 341 g/mol. The normalized spacial score (nSPS) is 26.3. The van der Waals surface area contributed by atoms with Crippen LogP contribution in [0.1, 0.15) is 42.5 Å². The van der Waals surface area contributed by atoms with E-state index in [-0.39, 0.29) is 11.8 Å². The Morgan fingerprint density at radius 2 is 1.80 bits per heavy atom. The van der Waals surface area contributed by atoms with E-state index in [2.05, 4.69) is 10.2 Å². The van der Waals surface area contributed by atoms with Crippen LogP contribution in [0.4, 0.5) is 0 Å². The highest BCUT2D eigenvalue weighted by Gasteiger charge is 2.36. The number of hydrogen-bond donors (Lipinski definition) is 1. The van der Waals surface area contributed by atoms with Gasteiger partial charge in [0.05, 0.1) is 0 Å². The van der Waals surface area contributed by atoms with Crippen LogP contribution < -0.4 is 5.32 Å². The Morgan fingerprint density at radius 3 is 2.56 bits per heavy atom. The molecule has 2 unspecified atom stereocenters. The number of piperidine rings is 1. The molecular weight excluding hydrogens is 314 g/mol. The molecule has 1 aromatic carbocycles. The zero-order chi connectivity index (χ0) is 17.2. The van der Waals surface area contributed by atoms with E-state index in [1.165, 1.54) is 6.42 Å². The minimum atomic E-state index is 0.144. The van der Waals surface area contributed by atoms with E-state index in [0.717, 1.165) is 51.0 Å². The lowest BCUT2D eigenvalue weighted by Gasteiger charge is -2.35. The van der Waals surface area contributed by atoms with Gasteiger partial charge < -0.3 is 10.2 Å². The van der Waals surface area contributed by atoms with E-state index in [1.807, 2.05) is 35.2 Å². The van der Waals surface area contributed by atoms with E-state index in [1.54, 1.807) is 0 Å². The summed E-state index contributed by atoms with van der Waals surface area (Å²) < 4.78 is 0. The van der Waals surface area contributed by atoms with E-state index in [9.17, 15) is 9.59 Å². The summed E-state index contributed by atoms with van der Waals surface area (Å²) in [5, 5.41) is 3.07. The van der Waals surface area contributed by atoms with Crippen molar-refractivity contribution in [2.24, 2.45) is 5.92 Å². The van der Waals surface area contributed by atoms with Crippen LogP contribution in [0.15, 0.2) is 30.3 Å². The number of fused-ring (bicyclic) bond motifs is 4. The Hall–Kier alpha value is -1.88.